The first-order chi connectivity index (χ1) is 17.0. The van der Waals surface area contributed by atoms with Gasteiger partial charge in [-0.25, -0.2) is 19.2 Å². The molecule has 11 nitrogen and oxygen atoms in total. The van der Waals surface area contributed by atoms with Gasteiger partial charge in [0.2, 0.25) is 5.95 Å². The van der Waals surface area contributed by atoms with Crippen molar-refractivity contribution >= 4 is 23.5 Å². The van der Waals surface area contributed by atoms with Crippen LogP contribution in [-0.4, -0.2) is 61.4 Å². The summed E-state index contributed by atoms with van der Waals surface area (Å²) in [5.74, 6) is 0.482. The van der Waals surface area contributed by atoms with Gasteiger partial charge in [0.1, 0.15) is 11.8 Å². The van der Waals surface area contributed by atoms with Crippen molar-refractivity contribution in [3.63, 3.8) is 0 Å². The first kappa shape index (κ1) is 24.2. The minimum absolute atomic E-state index is 0.0517. The number of H-pyrrole nitrogens is 1. The zero-order valence-electron chi connectivity index (χ0n) is 19.2. The Hall–Kier alpha value is -3.46. The monoisotopic (exact) mass is 513 g/mol. The lowest BCUT2D eigenvalue weighted by Gasteiger charge is -2.17. The molecule has 3 aromatic heterocycles. The fourth-order valence-electron chi connectivity index (χ4n) is 3.79. The lowest BCUT2D eigenvalue weighted by atomic mass is 10.1. The summed E-state index contributed by atoms with van der Waals surface area (Å²) in [4.78, 5) is 20.5. The maximum absolute atomic E-state index is 15.0. The Kier molecular flexibility index (Phi) is 5.98. The van der Waals surface area contributed by atoms with Gasteiger partial charge in [0, 0.05) is 29.6 Å². The Morgan fingerprint density at radius 1 is 1.33 bits per heavy atom. The molecule has 0 unspecified atom stereocenters. The van der Waals surface area contributed by atoms with E-state index >= 15 is 0 Å². The third-order valence-corrected chi connectivity index (χ3v) is 5.91. The van der Waals surface area contributed by atoms with Crippen LogP contribution in [0.3, 0.4) is 0 Å². The average molecular weight is 513 g/mol. The predicted octanol–water partition coefficient (Wildman–Crippen LogP) is 3.60. The minimum Gasteiger partial charge on any atom is -0.441 e. The highest BCUT2D eigenvalue weighted by molar-refractivity contribution is 5.69. The SMILES string of the molecule is Cc1cc2nc(COC(F)(F)F)cn2c(Nc2cc([C@@H]3OC[C@H](OC(=O)NC4(C)CC4)[C@H]3F)[nH]n2)n1. The number of fused-ring (bicyclic) bond motifs is 1. The smallest absolute Gasteiger partial charge is 0.441 e. The summed E-state index contributed by atoms with van der Waals surface area (Å²) in [5, 5.41) is 12.4. The van der Waals surface area contributed by atoms with E-state index in [0.717, 1.165) is 12.8 Å². The number of hydrogen-bond donors (Lipinski definition) is 3. The molecule has 1 aliphatic carbocycles. The van der Waals surface area contributed by atoms with Gasteiger partial charge in [-0.1, -0.05) is 0 Å². The normalized spacial score (nSPS) is 23.1. The number of rotatable bonds is 7. The minimum atomic E-state index is -4.78. The van der Waals surface area contributed by atoms with Crippen LogP contribution in [0.2, 0.25) is 0 Å². The molecule has 5 rings (SSSR count). The molecular formula is C21H23F4N7O4. The molecule has 1 saturated heterocycles. The van der Waals surface area contributed by atoms with E-state index in [9.17, 15) is 22.4 Å². The van der Waals surface area contributed by atoms with Crippen molar-refractivity contribution in [3.05, 3.63) is 35.4 Å². The Morgan fingerprint density at radius 2 is 2.11 bits per heavy atom. The Labute approximate surface area is 201 Å². The van der Waals surface area contributed by atoms with Crippen LogP contribution in [0.25, 0.3) is 5.65 Å². The number of aryl methyl sites for hydroxylation is 1. The highest BCUT2D eigenvalue weighted by Crippen LogP contribution is 2.36. The van der Waals surface area contributed by atoms with Gasteiger partial charge in [0.15, 0.2) is 18.1 Å². The first-order valence-corrected chi connectivity index (χ1v) is 11.1. The van der Waals surface area contributed by atoms with Crippen molar-refractivity contribution in [1.29, 1.82) is 0 Å². The molecule has 1 amide bonds. The molecule has 2 aliphatic rings. The number of nitrogens with one attached hydrogen (secondary N) is 3. The lowest BCUT2D eigenvalue weighted by Crippen LogP contribution is -2.39. The molecule has 3 aromatic rings. The van der Waals surface area contributed by atoms with E-state index in [1.165, 1.54) is 16.7 Å². The summed E-state index contributed by atoms with van der Waals surface area (Å²) >= 11 is 0. The van der Waals surface area contributed by atoms with E-state index in [2.05, 4.69) is 35.5 Å². The second-order valence-corrected chi connectivity index (χ2v) is 9.08. The van der Waals surface area contributed by atoms with Crippen molar-refractivity contribution in [2.75, 3.05) is 11.9 Å². The molecule has 2 fully saturated rings. The number of amides is 1. The van der Waals surface area contributed by atoms with Crippen LogP contribution in [0, 0.1) is 6.92 Å². The summed E-state index contributed by atoms with van der Waals surface area (Å²) in [7, 11) is 0. The summed E-state index contributed by atoms with van der Waals surface area (Å²) < 4.78 is 68.1. The van der Waals surface area contributed by atoms with Crippen LogP contribution in [0.5, 0.6) is 0 Å². The Balaban J connectivity index is 1.26. The Morgan fingerprint density at radius 3 is 2.83 bits per heavy atom. The number of imidazole rings is 1. The second-order valence-electron chi connectivity index (χ2n) is 9.08. The topological polar surface area (TPSA) is 128 Å². The largest absolute Gasteiger partial charge is 0.522 e. The van der Waals surface area contributed by atoms with Crippen molar-refractivity contribution in [2.45, 2.75) is 63.6 Å². The maximum atomic E-state index is 15.0. The molecule has 194 valence electrons. The number of aromatic amines is 1. The van der Waals surface area contributed by atoms with Gasteiger partial charge in [-0.2, -0.15) is 5.10 Å². The molecule has 15 heteroatoms. The second kappa shape index (κ2) is 8.89. The van der Waals surface area contributed by atoms with Crippen LogP contribution < -0.4 is 10.6 Å². The van der Waals surface area contributed by atoms with E-state index < -0.39 is 37.4 Å². The molecule has 0 aromatic carbocycles. The van der Waals surface area contributed by atoms with Crippen molar-refractivity contribution in [3.8, 4) is 0 Å². The van der Waals surface area contributed by atoms with Gasteiger partial charge in [-0.15, -0.1) is 13.2 Å². The van der Waals surface area contributed by atoms with Gasteiger partial charge in [-0.3, -0.25) is 14.2 Å². The van der Waals surface area contributed by atoms with Crippen LogP contribution in [-0.2, 0) is 20.8 Å². The molecule has 36 heavy (non-hydrogen) atoms. The number of ether oxygens (including phenoxy) is 3. The number of alkyl halides is 4. The summed E-state index contributed by atoms with van der Waals surface area (Å²) in [6, 6.07) is 3.10. The number of nitrogens with zero attached hydrogens (tertiary/aromatic N) is 4. The number of aromatic nitrogens is 5. The van der Waals surface area contributed by atoms with E-state index in [0.29, 0.717) is 17.0 Å². The predicted molar refractivity (Wildman–Crippen MR) is 115 cm³/mol. The number of carbonyl (C=O) groups is 1. The lowest BCUT2D eigenvalue weighted by molar-refractivity contribution is -0.330. The zero-order chi connectivity index (χ0) is 25.7. The summed E-state index contributed by atoms with van der Waals surface area (Å²) in [5.41, 5.74) is 0.969. The van der Waals surface area contributed by atoms with Gasteiger partial charge in [-0.05, 0) is 26.7 Å². The standard InChI is InChI=1S/C21H23F4N7O4/c1-10-5-15-27-11(8-35-21(23,24)25)7-32(15)18(26-10)28-14-6-12(30-31-14)17-16(22)13(9-34-17)36-19(33)29-20(2)3-4-20/h5-7,13,16-17H,3-4,8-9H2,1-2H3,(H,29,33)(H2,26,28,30,31)/t13-,16+,17-/m0/s1. The number of halogens is 4. The van der Waals surface area contributed by atoms with Crippen molar-refractivity contribution in [1.82, 2.24) is 29.9 Å². The third-order valence-electron chi connectivity index (χ3n) is 5.91. The third kappa shape index (κ3) is 5.36. The molecular weight excluding hydrogens is 490 g/mol. The first-order valence-electron chi connectivity index (χ1n) is 11.1. The molecule has 0 bridgehead atoms. The molecule has 1 saturated carbocycles. The number of hydrogen-bond acceptors (Lipinski definition) is 8. The highest BCUT2D eigenvalue weighted by Gasteiger charge is 2.44. The van der Waals surface area contributed by atoms with Gasteiger partial charge in [0.25, 0.3) is 0 Å². The van der Waals surface area contributed by atoms with Crippen LogP contribution in [0.1, 0.15) is 43.0 Å². The highest BCUT2D eigenvalue weighted by atomic mass is 19.4. The number of anilines is 2. The molecule has 3 N–H and O–H groups in total. The number of alkyl carbamates (subject to hydrolysis) is 1. The van der Waals surface area contributed by atoms with E-state index in [1.807, 2.05) is 6.92 Å². The van der Waals surface area contributed by atoms with Crippen molar-refractivity contribution < 1.29 is 36.6 Å². The van der Waals surface area contributed by atoms with Gasteiger partial charge in [0.05, 0.1) is 24.6 Å². The van der Waals surface area contributed by atoms with E-state index in [-0.39, 0.29) is 29.6 Å². The van der Waals surface area contributed by atoms with Crippen molar-refractivity contribution in [2.24, 2.45) is 0 Å². The van der Waals surface area contributed by atoms with Gasteiger partial charge >= 0.3 is 12.5 Å². The van der Waals surface area contributed by atoms with E-state index in [4.69, 9.17) is 9.47 Å². The van der Waals surface area contributed by atoms with E-state index in [1.54, 1.807) is 13.0 Å². The molecule has 1 aliphatic heterocycles. The molecule has 0 radical (unpaired) electrons. The van der Waals surface area contributed by atoms with Gasteiger partial charge < -0.3 is 20.1 Å². The molecule has 0 spiro atoms. The summed E-state index contributed by atoms with van der Waals surface area (Å²) in [6.45, 7) is 2.71. The molecule has 3 atom stereocenters. The van der Waals surface area contributed by atoms with Crippen LogP contribution in [0.4, 0.5) is 34.1 Å². The average Bonchev–Trinajstić information content (AvgIpc) is 3.12. The fraction of sp³-hybridized carbons (Fsp3) is 0.524. The number of carbonyl (C=O) groups excluding carboxylic acids is 1. The van der Waals surface area contributed by atoms with Crippen LogP contribution >= 0.6 is 0 Å². The molecule has 4 heterocycles. The van der Waals surface area contributed by atoms with Crippen LogP contribution in [0.15, 0.2) is 18.3 Å². The Bertz CT molecular complexity index is 1270. The quantitative estimate of drug-likeness (QED) is 0.409. The maximum Gasteiger partial charge on any atom is 0.522 e. The zero-order valence-corrected chi connectivity index (χ0v) is 19.2. The summed E-state index contributed by atoms with van der Waals surface area (Å²) in [6.07, 6.45) is -6.15. The fourth-order valence-corrected chi connectivity index (χ4v) is 3.79.